The number of carbonyl (C=O) groups is 1. The van der Waals surface area contributed by atoms with Crippen molar-refractivity contribution in [3.05, 3.63) is 12.2 Å². The molecule has 0 saturated carbocycles. The predicted molar refractivity (Wildman–Crippen MR) is 55.3 cm³/mol. The molecule has 15 heavy (non-hydrogen) atoms. The molecule has 1 fully saturated rings. The summed E-state index contributed by atoms with van der Waals surface area (Å²) in [7, 11) is 0. The first-order valence-electron chi connectivity index (χ1n) is 5.24. The fourth-order valence-electron chi connectivity index (χ4n) is 1.10. The maximum absolute atomic E-state index is 11.0. The van der Waals surface area contributed by atoms with Crippen LogP contribution in [0.1, 0.15) is 26.7 Å². The van der Waals surface area contributed by atoms with E-state index in [1.807, 2.05) is 6.92 Å². The van der Waals surface area contributed by atoms with E-state index >= 15 is 0 Å². The summed E-state index contributed by atoms with van der Waals surface area (Å²) < 4.78 is 15.5. The van der Waals surface area contributed by atoms with Crippen molar-refractivity contribution in [2.75, 3.05) is 13.2 Å². The fourth-order valence-corrected chi connectivity index (χ4v) is 1.10. The molecule has 1 saturated heterocycles. The molecule has 2 unspecified atom stereocenters. The molecule has 1 rings (SSSR count). The quantitative estimate of drug-likeness (QED) is 0.367. The molecule has 0 aromatic rings. The van der Waals surface area contributed by atoms with E-state index in [0.29, 0.717) is 25.2 Å². The van der Waals surface area contributed by atoms with Crippen molar-refractivity contribution >= 4 is 5.97 Å². The first-order valence-corrected chi connectivity index (χ1v) is 5.24. The van der Waals surface area contributed by atoms with Crippen LogP contribution in [0.15, 0.2) is 12.2 Å². The van der Waals surface area contributed by atoms with Gasteiger partial charge in [0.15, 0.2) is 6.29 Å². The molecule has 0 bridgehead atoms. The molecular formula is C11H18O4. The Hall–Kier alpha value is -0.870. The summed E-state index contributed by atoms with van der Waals surface area (Å²) in [6.45, 7) is 8.25. The largest absolute Gasteiger partial charge is 0.462 e. The molecule has 0 amide bonds. The number of hydrogen-bond acceptors (Lipinski definition) is 4. The number of rotatable bonds is 7. The summed E-state index contributed by atoms with van der Waals surface area (Å²) in [4.78, 5) is 11.0. The zero-order valence-corrected chi connectivity index (χ0v) is 9.32. The monoisotopic (exact) mass is 214 g/mol. The molecule has 0 N–H and O–H groups in total. The van der Waals surface area contributed by atoms with Crippen molar-refractivity contribution in [3.8, 4) is 0 Å². The van der Waals surface area contributed by atoms with Gasteiger partial charge < -0.3 is 14.2 Å². The van der Waals surface area contributed by atoms with Crippen LogP contribution in [-0.4, -0.2) is 31.6 Å². The van der Waals surface area contributed by atoms with Gasteiger partial charge in [-0.25, -0.2) is 4.79 Å². The highest BCUT2D eigenvalue weighted by Gasteiger charge is 2.39. The Kier molecular flexibility index (Phi) is 4.78. The van der Waals surface area contributed by atoms with Crippen LogP contribution in [0.2, 0.25) is 0 Å². The summed E-state index contributed by atoms with van der Waals surface area (Å²) in [6, 6.07) is 0. The van der Waals surface area contributed by atoms with Crippen molar-refractivity contribution in [1.29, 1.82) is 0 Å². The summed E-state index contributed by atoms with van der Waals surface area (Å²) >= 11 is 0. The van der Waals surface area contributed by atoms with Crippen LogP contribution in [0.5, 0.6) is 0 Å². The topological polar surface area (TPSA) is 48.1 Å². The second kappa shape index (κ2) is 5.88. The lowest BCUT2D eigenvalue weighted by Crippen LogP contribution is -2.09. The molecule has 86 valence electrons. The molecule has 0 spiro atoms. The molecule has 1 heterocycles. The van der Waals surface area contributed by atoms with Crippen LogP contribution in [0, 0.1) is 0 Å². The predicted octanol–water partition coefficient (Wildman–Crippen LogP) is 1.65. The molecule has 0 aliphatic carbocycles. The molecule has 1 aliphatic rings. The standard InChI is InChI=1S/C11H18O4/c1-4-6-14-11-9(15-11)5-7-13-10(12)8(2)3/h9,11H,2,4-7H2,1,3H3. The van der Waals surface area contributed by atoms with Crippen LogP contribution in [-0.2, 0) is 19.0 Å². The lowest BCUT2D eigenvalue weighted by molar-refractivity contribution is -0.139. The van der Waals surface area contributed by atoms with Gasteiger partial charge in [-0.2, -0.15) is 0 Å². The number of ether oxygens (including phenoxy) is 3. The van der Waals surface area contributed by atoms with Gasteiger partial charge in [-0.1, -0.05) is 13.5 Å². The van der Waals surface area contributed by atoms with E-state index in [9.17, 15) is 4.79 Å². The first kappa shape index (κ1) is 12.2. The summed E-state index contributed by atoms with van der Waals surface area (Å²) in [5, 5.41) is 0. The molecular weight excluding hydrogens is 196 g/mol. The normalized spacial score (nSPS) is 23.6. The van der Waals surface area contributed by atoms with Crippen LogP contribution in [0.25, 0.3) is 0 Å². The van der Waals surface area contributed by atoms with Crippen LogP contribution in [0.4, 0.5) is 0 Å². The minimum absolute atomic E-state index is 0.0894. The lowest BCUT2D eigenvalue weighted by atomic mass is 10.3. The van der Waals surface area contributed by atoms with E-state index in [1.165, 1.54) is 0 Å². The average molecular weight is 214 g/mol. The van der Waals surface area contributed by atoms with Gasteiger partial charge in [0.25, 0.3) is 0 Å². The highest BCUT2D eigenvalue weighted by atomic mass is 16.8. The van der Waals surface area contributed by atoms with E-state index < -0.39 is 0 Å². The molecule has 0 radical (unpaired) electrons. The van der Waals surface area contributed by atoms with Crippen molar-refractivity contribution < 1.29 is 19.0 Å². The minimum atomic E-state index is -0.346. The van der Waals surface area contributed by atoms with E-state index in [0.717, 1.165) is 6.42 Å². The van der Waals surface area contributed by atoms with Crippen LogP contribution < -0.4 is 0 Å². The van der Waals surface area contributed by atoms with Crippen molar-refractivity contribution in [2.24, 2.45) is 0 Å². The highest BCUT2D eigenvalue weighted by Crippen LogP contribution is 2.26. The van der Waals surface area contributed by atoms with E-state index in [4.69, 9.17) is 14.2 Å². The van der Waals surface area contributed by atoms with Crippen LogP contribution >= 0.6 is 0 Å². The maximum Gasteiger partial charge on any atom is 0.333 e. The Morgan fingerprint density at radius 1 is 1.47 bits per heavy atom. The van der Waals surface area contributed by atoms with Gasteiger partial charge in [-0.15, -0.1) is 0 Å². The van der Waals surface area contributed by atoms with E-state index in [2.05, 4.69) is 6.58 Å². The molecule has 4 heteroatoms. The third kappa shape index (κ3) is 4.44. The third-order valence-electron chi connectivity index (χ3n) is 2.01. The van der Waals surface area contributed by atoms with Gasteiger partial charge in [0.2, 0.25) is 0 Å². The van der Waals surface area contributed by atoms with E-state index in [-0.39, 0.29) is 18.4 Å². The zero-order chi connectivity index (χ0) is 11.3. The SMILES string of the molecule is C=C(C)C(=O)OCCC1OC1OCCC. The average Bonchev–Trinajstić information content (AvgIpc) is 2.93. The first-order chi connectivity index (χ1) is 7.15. The summed E-state index contributed by atoms with van der Waals surface area (Å²) in [5.74, 6) is -0.346. The second-order valence-electron chi connectivity index (χ2n) is 3.62. The second-order valence-corrected chi connectivity index (χ2v) is 3.62. The maximum atomic E-state index is 11.0. The molecule has 4 nitrogen and oxygen atoms in total. The van der Waals surface area contributed by atoms with Crippen molar-refractivity contribution in [2.45, 2.75) is 39.1 Å². The number of epoxide rings is 1. The van der Waals surface area contributed by atoms with Crippen molar-refractivity contribution in [3.63, 3.8) is 0 Å². The Bertz CT molecular complexity index is 237. The van der Waals surface area contributed by atoms with Gasteiger partial charge in [0.05, 0.1) is 6.61 Å². The van der Waals surface area contributed by atoms with Gasteiger partial charge >= 0.3 is 5.97 Å². The van der Waals surface area contributed by atoms with E-state index in [1.54, 1.807) is 6.92 Å². The number of esters is 1. The Morgan fingerprint density at radius 2 is 2.20 bits per heavy atom. The summed E-state index contributed by atoms with van der Waals surface area (Å²) in [6.07, 6.45) is 1.67. The van der Waals surface area contributed by atoms with Gasteiger partial charge in [-0.05, 0) is 13.3 Å². The number of hydrogen-bond donors (Lipinski definition) is 0. The Balaban J connectivity index is 1.99. The molecule has 1 aliphatic heterocycles. The van der Waals surface area contributed by atoms with Gasteiger partial charge in [-0.3, -0.25) is 0 Å². The summed E-state index contributed by atoms with van der Waals surface area (Å²) in [5.41, 5.74) is 0.422. The van der Waals surface area contributed by atoms with Crippen molar-refractivity contribution in [1.82, 2.24) is 0 Å². The Morgan fingerprint density at radius 3 is 2.80 bits per heavy atom. The lowest BCUT2D eigenvalue weighted by Gasteiger charge is -2.01. The highest BCUT2D eigenvalue weighted by molar-refractivity contribution is 5.86. The Labute approximate surface area is 90.2 Å². The van der Waals surface area contributed by atoms with Crippen LogP contribution in [0.3, 0.4) is 0 Å². The van der Waals surface area contributed by atoms with Gasteiger partial charge in [0.1, 0.15) is 6.10 Å². The van der Waals surface area contributed by atoms with Gasteiger partial charge in [0, 0.05) is 18.6 Å². The smallest absolute Gasteiger partial charge is 0.333 e. The molecule has 0 aromatic heterocycles. The zero-order valence-electron chi connectivity index (χ0n) is 9.32. The third-order valence-corrected chi connectivity index (χ3v) is 2.01. The minimum Gasteiger partial charge on any atom is -0.462 e. The number of carbonyl (C=O) groups excluding carboxylic acids is 1. The molecule has 2 atom stereocenters. The molecule has 0 aromatic carbocycles. The fraction of sp³-hybridized carbons (Fsp3) is 0.727.